The van der Waals surface area contributed by atoms with Gasteiger partial charge < -0.3 is 16.2 Å². The number of benzene rings is 1. The molecule has 1 aliphatic carbocycles. The molecule has 1 saturated carbocycles. The van der Waals surface area contributed by atoms with Gasteiger partial charge in [0, 0.05) is 12.6 Å². The summed E-state index contributed by atoms with van der Waals surface area (Å²) in [5.74, 6) is -0.414. The van der Waals surface area contributed by atoms with Gasteiger partial charge in [0.1, 0.15) is 0 Å². The molecule has 4 heteroatoms. The number of amides is 1. The zero-order chi connectivity index (χ0) is 13.9. The van der Waals surface area contributed by atoms with Crippen LogP contribution >= 0.6 is 0 Å². The van der Waals surface area contributed by atoms with Crippen LogP contribution in [0, 0.1) is 5.92 Å². The number of nitrogens with one attached hydrogen (secondary N) is 1. The Morgan fingerprint density at radius 2 is 2.05 bits per heavy atom. The molecule has 2 rings (SSSR count). The van der Waals surface area contributed by atoms with Crippen molar-refractivity contribution in [3.8, 4) is 0 Å². The first-order valence-electron chi connectivity index (χ1n) is 6.82. The van der Waals surface area contributed by atoms with Crippen LogP contribution in [0.4, 0.5) is 0 Å². The van der Waals surface area contributed by atoms with Gasteiger partial charge in [0.25, 0.3) is 0 Å². The Kier molecular flexibility index (Phi) is 4.22. The van der Waals surface area contributed by atoms with Crippen LogP contribution in [0.2, 0.25) is 0 Å². The Morgan fingerprint density at radius 1 is 1.42 bits per heavy atom. The zero-order valence-corrected chi connectivity index (χ0v) is 11.3. The number of carbonyl (C=O) groups excluding carboxylic acids is 1. The van der Waals surface area contributed by atoms with Crippen LogP contribution in [0.3, 0.4) is 0 Å². The first kappa shape index (κ1) is 14.0. The van der Waals surface area contributed by atoms with Gasteiger partial charge in [-0.25, -0.2) is 0 Å². The van der Waals surface area contributed by atoms with Crippen molar-refractivity contribution in [2.45, 2.75) is 37.8 Å². The second-order valence-electron chi connectivity index (χ2n) is 5.52. The van der Waals surface area contributed by atoms with Gasteiger partial charge in [-0.05, 0) is 24.8 Å². The minimum atomic E-state index is -0.688. The summed E-state index contributed by atoms with van der Waals surface area (Å²) in [6.07, 6.45) is 2.57. The number of rotatable bonds is 5. The topological polar surface area (TPSA) is 75.3 Å². The van der Waals surface area contributed by atoms with E-state index >= 15 is 0 Å². The normalized spacial score (nSPS) is 20.2. The third kappa shape index (κ3) is 3.33. The van der Waals surface area contributed by atoms with Crippen molar-refractivity contribution < 1.29 is 9.90 Å². The van der Waals surface area contributed by atoms with E-state index in [0.717, 1.165) is 24.8 Å². The van der Waals surface area contributed by atoms with Crippen LogP contribution in [0.5, 0.6) is 0 Å². The molecular formula is C15H22N2O2. The summed E-state index contributed by atoms with van der Waals surface area (Å²) in [5.41, 5.74) is 6.37. The SMILES string of the molecule is CC(C(=O)NCC1(O)CCC1)C(N)c1ccccc1. The lowest BCUT2D eigenvalue weighted by Gasteiger charge is -2.37. The average molecular weight is 262 g/mol. The number of hydrogen-bond acceptors (Lipinski definition) is 3. The standard InChI is InChI=1S/C15H22N2O2/c1-11(13(16)12-6-3-2-4-7-12)14(18)17-10-15(19)8-5-9-15/h2-4,6-7,11,13,19H,5,8-10,16H2,1H3,(H,17,18). The molecule has 2 atom stereocenters. The molecule has 1 aromatic carbocycles. The lowest BCUT2D eigenvalue weighted by atomic mass is 9.80. The van der Waals surface area contributed by atoms with Crippen LogP contribution < -0.4 is 11.1 Å². The van der Waals surface area contributed by atoms with Crippen molar-refractivity contribution in [1.29, 1.82) is 0 Å². The van der Waals surface area contributed by atoms with Crippen molar-refractivity contribution in [3.05, 3.63) is 35.9 Å². The van der Waals surface area contributed by atoms with Crippen molar-refractivity contribution in [3.63, 3.8) is 0 Å². The van der Waals surface area contributed by atoms with E-state index in [9.17, 15) is 9.90 Å². The summed E-state index contributed by atoms with van der Waals surface area (Å²) in [4.78, 5) is 12.0. The van der Waals surface area contributed by atoms with Crippen molar-refractivity contribution in [2.24, 2.45) is 11.7 Å². The van der Waals surface area contributed by atoms with Gasteiger partial charge >= 0.3 is 0 Å². The number of carbonyl (C=O) groups is 1. The second kappa shape index (κ2) is 5.72. The molecule has 1 aliphatic rings. The summed E-state index contributed by atoms with van der Waals surface area (Å²) in [6, 6.07) is 9.28. The van der Waals surface area contributed by atoms with E-state index < -0.39 is 5.60 Å². The van der Waals surface area contributed by atoms with Gasteiger partial charge in [-0.3, -0.25) is 4.79 Å². The monoisotopic (exact) mass is 262 g/mol. The van der Waals surface area contributed by atoms with E-state index in [2.05, 4.69) is 5.32 Å². The Morgan fingerprint density at radius 3 is 2.58 bits per heavy atom. The molecule has 0 aromatic heterocycles. The third-order valence-electron chi connectivity index (χ3n) is 4.01. The van der Waals surface area contributed by atoms with Gasteiger partial charge in [-0.15, -0.1) is 0 Å². The molecule has 0 heterocycles. The van der Waals surface area contributed by atoms with Crippen LogP contribution in [0.25, 0.3) is 0 Å². The van der Waals surface area contributed by atoms with Crippen molar-refractivity contribution in [1.82, 2.24) is 5.32 Å². The van der Waals surface area contributed by atoms with Crippen molar-refractivity contribution >= 4 is 5.91 Å². The lowest BCUT2D eigenvalue weighted by molar-refractivity contribution is -0.127. The molecule has 4 nitrogen and oxygen atoms in total. The maximum Gasteiger partial charge on any atom is 0.224 e. The lowest BCUT2D eigenvalue weighted by Crippen LogP contribution is -2.49. The number of hydrogen-bond donors (Lipinski definition) is 3. The fraction of sp³-hybridized carbons (Fsp3) is 0.533. The molecule has 19 heavy (non-hydrogen) atoms. The molecular weight excluding hydrogens is 240 g/mol. The Balaban J connectivity index is 1.88. The molecule has 0 saturated heterocycles. The minimum absolute atomic E-state index is 0.100. The predicted octanol–water partition coefficient (Wildman–Crippen LogP) is 1.35. The average Bonchev–Trinajstić information content (AvgIpc) is 2.42. The summed E-state index contributed by atoms with van der Waals surface area (Å²) in [6.45, 7) is 2.15. The van der Waals surface area contributed by atoms with Crippen LogP contribution in [-0.2, 0) is 4.79 Å². The highest BCUT2D eigenvalue weighted by molar-refractivity contribution is 5.79. The highest BCUT2D eigenvalue weighted by Crippen LogP contribution is 2.30. The van der Waals surface area contributed by atoms with Gasteiger partial charge in [-0.1, -0.05) is 37.3 Å². The second-order valence-corrected chi connectivity index (χ2v) is 5.52. The first-order chi connectivity index (χ1) is 9.02. The molecule has 2 unspecified atom stereocenters. The van der Waals surface area contributed by atoms with Crippen LogP contribution in [0.1, 0.15) is 37.8 Å². The highest BCUT2D eigenvalue weighted by atomic mass is 16.3. The molecule has 0 radical (unpaired) electrons. The van der Waals surface area contributed by atoms with Gasteiger partial charge in [0.2, 0.25) is 5.91 Å². The molecule has 4 N–H and O–H groups in total. The Hall–Kier alpha value is -1.39. The summed E-state index contributed by atoms with van der Waals surface area (Å²) < 4.78 is 0. The van der Waals surface area contributed by atoms with E-state index in [0.29, 0.717) is 6.54 Å². The van der Waals surface area contributed by atoms with Gasteiger partial charge in [0.05, 0.1) is 11.5 Å². The molecule has 1 fully saturated rings. The fourth-order valence-corrected chi connectivity index (χ4v) is 2.30. The minimum Gasteiger partial charge on any atom is -0.388 e. The highest BCUT2D eigenvalue weighted by Gasteiger charge is 2.35. The predicted molar refractivity (Wildman–Crippen MR) is 74.3 cm³/mol. The van der Waals surface area contributed by atoms with Crippen LogP contribution in [0.15, 0.2) is 30.3 Å². The molecule has 1 amide bonds. The van der Waals surface area contributed by atoms with E-state index in [1.807, 2.05) is 37.3 Å². The van der Waals surface area contributed by atoms with E-state index in [1.54, 1.807) is 0 Å². The molecule has 0 spiro atoms. The van der Waals surface area contributed by atoms with E-state index in [1.165, 1.54) is 0 Å². The van der Waals surface area contributed by atoms with E-state index in [4.69, 9.17) is 5.73 Å². The smallest absolute Gasteiger partial charge is 0.224 e. The van der Waals surface area contributed by atoms with Gasteiger partial charge in [0.15, 0.2) is 0 Å². The molecule has 0 bridgehead atoms. The number of aliphatic hydroxyl groups is 1. The Bertz CT molecular complexity index is 429. The molecule has 0 aliphatic heterocycles. The summed E-state index contributed by atoms with van der Waals surface area (Å²) in [5, 5.41) is 12.8. The third-order valence-corrected chi connectivity index (χ3v) is 4.01. The maximum absolute atomic E-state index is 12.0. The largest absolute Gasteiger partial charge is 0.388 e. The number of nitrogens with two attached hydrogens (primary N) is 1. The zero-order valence-electron chi connectivity index (χ0n) is 11.3. The first-order valence-corrected chi connectivity index (χ1v) is 6.82. The van der Waals surface area contributed by atoms with E-state index in [-0.39, 0.29) is 17.9 Å². The van der Waals surface area contributed by atoms with Crippen LogP contribution in [-0.4, -0.2) is 23.2 Å². The summed E-state index contributed by atoms with van der Waals surface area (Å²) >= 11 is 0. The van der Waals surface area contributed by atoms with Crippen molar-refractivity contribution in [2.75, 3.05) is 6.54 Å². The summed E-state index contributed by atoms with van der Waals surface area (Å²) in [7, 11) is 0. The molecule has 1 aromatic rings. The van der Waals surface area contributed by atoms with Gasteiger partial charge in [-0.2, -0.15) is 0 Å². The Labute approximate surface area is 114 Å². The maximum atomic E-state index is 12.0. The molecule has 104 valence electrons. The fourth-order valence-electron chi connectivity index (χ4n) is 2.30. The quantitative estimate of drug-likeness (QED) is 0.750.